The molecule has 0 radical (unpaired) electrons. The summed E-state index contributed by atoms with van der Waals surface area (Å²) >= 11 is 4.73. The van der Waals surface area contributed by atoms with Gasteiger partial charge in [-0.2, -0.15) is 0 Å². The predicted molar refractivity (Wildman–Crippen MR) is 214 cm³/mol. The lowest BCUT2D eigenvalue weighted by molar-refractivity contribution is 0.133. The van der Waals surface area contributed by atoms with Crippen LogP contribution in [-0.2, 0) is 22.3 Å². The van der Waals surface area contributed by atoms with Gasteiger partial charge in [0.2, 0.25) is 0 Å². The molecule has 1 atom stereocenters. The molecule has 51 heavy (non-hydrogen) atoms. The molecule has 0 saturated carbocycles. The number of aromatic nitrogens is 4. The van der Waals surface area contributed by atoms with Gasteiger partial charge < -0.3 is 14.6 Å². The molecule has 8 rings (SSSR count). The Morgan fingerprint density at radius 3 is 2.00 bits per heavy atom. The van der Waals surface area contributed by atoms with Gasteiger partial charge in [-0.15, -0.1) is 34.0 Å². The Labute approximate surface area is 310 Å². The summed E-state index contributed by atoms with van der Waals surface area (Å²) in [5, 5.41) is 14.6. The maximum Gasteiger partial charge on any atom is 0.274 e. The molecule has 0 aliphatic carbocycles. The van der Waals surface area contributed by atoms with Crippen molar-refractivity contribution in [1.29, 1.82) is 0 Å². The number of hydrogen-bond donors (Lipinski definition) is 1. The summed E-state index contributed by atoms with van der Waals surface area (Å²) in [6.07, 6.45) is 15.9. The van der Waals surface area contributed by atoms with E-state index in [2.05, 4.69) is 38.1 Å². The number of ether oxygens (including phenoxy) is 2. The molecule has 7 aromatic rings. The Hall–Kier alpha value is -2.93. The van der Waals surface area contributed by atoms with Crippen molar-refractivity contribution in [3.63, 3.8) is 0 Å². The minimum atomic E-state index is -0.914. The number of rotatable bonds is 20. The number of aliphatic hydroxyl groups excluding tert-OH is 1. The van der Waals surface area contributed by atoms with E-state index in [-0.39, 0.29) is 5.56 Å². The Morgan fingerprint density at radius 2 is 1.33 bits per heavy atom. The lowest BCUT2D eigenvalue weighted by atomic mass is 9.98. The predicted octanol–water partition coefficient (Wildman–Crippen LogP) is 10.5. The average molecular weight is 745 g/mol. The highest BCUT2D eigenvalue weighted by Crippen LogP contribution is 2.50. The number of pyridine rings is 1. The van der Waals surface area contributed by atoms with E-state index in [4.69, 9.17) is 19.4 Å². The SMILES string of the molecule is CCCCCCCCOCCc1cc2c(nc3n2C(O)c2sc4c(=O)n5c6cc(CCOCCCCCCCC)sc6nc5c5ccc-3c2c45)s1. The van der Waals surface area contributed by atoms with Crippen LogP contribution in [0.15, 0.2) is 29.1 Å². The fourth-order valence-electron chi connectivity index (χ4n) is 7.68. The summed E-state index contributed by atoms with van der Waals surface area (Å²) in [6, 6.07) is 8.45. The quantitative estimate of drug-likeness (QED) is 0.0782. The van der Waals surface area contributed by atoms with Crippen molar-refractivity contribution in [2.45, 2.75) is 110 Å². The normalized spacial score (nSPS) is 14.5. The average Bonchev–Trinajstić information content (AvgIpc) is 3.94. The third-order valence-corrected chi connectivity index (χ3v) is 13.7. The van der Waals surface area contributed by atoms with Crippen LogP contribution < -0.4 is 5.56 Å². The number of thiophene rings is 3. The van der Waals surface area contributed by atoms with E-state index >= 15 is 0 Å². The third-order valence-electron chi connectivity index (χ3n) is 10.4. The van der Waals surface area contributed by atoms with Crippen LogP contribution >= 0.6 is 34.0 Å². The number of benzene rings is 1. The van der Waals surface area contributed by atoms with Gasteiger partial charge in [-0.25, -0.2) is 9.97 Å². The molecular weight excluding hydrogens is 697 g/mol. The van der Waals surface area contributed by atoms with Crippen LogP contribution in [0.25, 0.3) is 58.6 Å². The first-order valence-corrected chi connectivity index (χ1v) is 21.5. The third kappa shape index (κ3) is 6.63. The van der Waals surface area contributed by atoms with Gasteiger partial charge in [-0.3, -0.25) is 13.8 Å². The second kappa shape index (κ2) is 15.6. The van der Waals surface area contributed by atoms with Crippen LogP contribution in [0.2, 0.25) is 0 Å². The van der Waals surface area contributed by atoms with Gasteiger partial charge >= 0.3 is 0 Å². The lowest BCUT2D eigenvalue weighted by Crippen LogP contribution is -2.14. The molecule has 6 aromatic heterocycles. The highest BCUT2D eigenvalue weighted by molar-refractivity contribution is 7.20. The van der Waals surface area contributed by atoms with Crippen molar-refractivity contribution >= 4 is 81.2 Å². The second-order valence-electron chi connectivity index (χ2n) is 14.0. The first-order valence-electron chi connectivity index (χ1n) is 19.1. The van der Waals surface area contributed by atoms with Crippen molar-refractivity contribution in [1.82, 2.24) is 18.9 Å². The molecule has 270 valence electrons. The van der Waals surface area contributed by atoms with Crippen LogP contribution in [0.3, 0.4) is 0 Å². The molecule has 0 amide bonds. The number of imidazole rings is 2. The molecule has 0 fully saturated rings. The van der Waals surface area contributed by atoms with Gasteiger partial charge in [0.1, 0.15) is 25.8 Å². The number of nitrogens with zero attached hydrogens (tertiary/aromatic N) is 4. The van der Waals surface area contributed by atoms with Crippen molar-refractivity contribution in [2.75, 3.05) is 26.4 Å². The van der Waals surface area contributed by atoms with Gasteiger partial charge in [0, 0.05) is 57.5 Å². The number of hydrogen-bond acceptors (Lipinski definition) is 9. The lowest BCUT2D eigenvalue weighted by Gasteiger charge is -2.21. The fourth-order valence-corrected chi connectivity index (χ4v) is 10.9. The van der Waals surface area contributed by atoms with E-state index in [1.165, 1.54) is 85.3 Å². The second-order valence-corrected chi connectivity index (χ2v) is 17.3. The van der Waals surface area contributed by atoms with E-state index in [0.717, 1.165) is 92.0 Å². The Balaban J connectivity index is 0.998. The highest BCUT2D eigenvalue weighted by atomic mass is 32.1. The molecule has 1 aromatic carbocycles. The zero-order chi connectivity index (χ0) is 34.9. The van der Waals surface area contributed by atoms with Crippen molar-refractivity contribution in [2.24, 2.45) is 0 Å². The zero-order valence-electron chi connectivity index (χ0n) is 29.8. The largest absolute Gasteiger partial charge is 0.381 e. The molecule has 7 heterocycles. The van der Waals surface area contributed by atoms with Gasteiger partial charge in [0.05, 0.1) is 29.1 Å². The molecule has 1 aliphatic rings. The molecule has 0 spiro atoms. The van der Waals surface area contributed by atoms with Crippen molar-refractivity contribution in [3.05, 3.63) is 49.3 Å². The van der Waals surface area contributed by atoms with Gasteiger partial charge in [0.25, 0.3) is 5.56 Å². The molecule has 8 nitrogen and oxygen atoms in total. The van der Waals surface area contributed by atoms with Gasteiger partial charge in [-0.05, 0) is 37.1 Å². The van der Waals surface area contributed by atoms with Crippen molar-refractivity contribution in [3.8, 4) is 11.4 Å². The molecule has 0 saturated heterocycles. The Bertz CT molecular complexity index is 2330. The van der Waals surface area contributed by atoms with Crippen LogP contribution in [0.5, 0.6) is 0 Å². The molecule has 0 bridgehead atoms. The van der Waals surface area contributed by atoms with E-state index in [1.54, 1.807) is 27.1 Å². The smallest absolute Gasteiger partial charge is 0.274 e. The zero-order valence-corrected chi connectivity index (χ0v) is 32.2. The maximum atomic E-state index is 14.2. The number of unbranched alkanes of at least 4 members (excludes halogenated alkanes) is 10. The van der Waals surface area contributed by atoms with Gasteiger partial charge in [0.15, 0.2) is 6.23 Å². The topological polar surface area (TPSA) is 90.9 Å². The van der Waals surface area contributed by atoms with Crippen LogP contribution in [0.4, 0.5) is 0 Å². The standard InChI is InChI=1S/C40H48N4O4S3/c1-3-5-7-9-11-13-19-47-21-17-25-23-29-37(49-25)41-35-27-15-16-28-32-31(27)33(39(45)43(29)35)51-34(32)40(46)44-30-24-26(50-38(30)42-36(28)44)18-22-48-20-14-12-10-8-6-4-2/h15-16,23-24,39,45H,3-14,17-22H2,1-2H3. The van der Waals surface area contributed by atoms with E-state index in [0.29, 0.717) is 23.6 Å². The molecular formula is C40H48N4O4S3. The number of aliphatic hydroxyl groups is 1. The van der Waals surface area contributed by atoms with Crippen LogP contribution in [0.1, 0.15) is 112 Å². The maximum absolute atomic E-state index is 14.2. The summed E-state index contributed by atoms with van der Waals surface area (Å²) in [4.78, 5) is 29.3. The Kier molecular flexibility index (Phi) is 10.7. The molecule has 11 heteroatoms. The van der Waals surface area contributed by atoms with E-state index in [1.807, 2.05) is 4.57 Å². The first-order chi connectivity index (χ1) is 25.1. The fraction of sp³-hybridized carbons (Fsp3) is 0.525. The minimum Gasteiger partial charge on any atom is -0.381 e. The summed E-state index contributed by atoms with van der Waals surface area (Å²) in [5.41, 5.74) is 3.36. The Morgan fingerprint density at radius 1 is 0.725 bits per heavy atom. The molecule has 1 unspecified atom stereocenters. The molecule has 1 N–H and O–H groups in total. The van der Waals surface area contributed by atoms with Crippen LogP contribution in [0, 0.1) is 0 Å². The molecule has 1 aliphatic heterocycles. The monoisotopic (exact) mass is 744 g/mol. The summed E-state index contributed by atoms with van der Waals surface area (Å²) < 4.78 is 16.3. The summed E-state index contributed by atoms with van der Waals surface area (Å²) in [7, 11) is 0. The highest BCUT2D eigenvalue weighted by Gasteiger charge is 2.34. The minimum absolute atomic E-state index is 0.0715. The first kappa shape index (κ1) is 35.1. The van der Waals surface area contributed by atoms with E-state index < -0.39 is 6.23 Å². The summed E-state index contributed by atoms with van der Waals surface area (Å²) in [6.45, 7) is 7.48. The van der Waals surface area contributed by atoms with E-state index in [9.17, 15) is 9.90 Å². The number of fused-ring (bicyclic) bond motifs is 8. The van der Waals surface area contributed by atoms with Crippen molar-refractivity contribution < 1.29 is 14.6 Å². The summed E-state index contributed by atoms with van der Waals surface area (Å²) in [5.74, 6) is 0.753. The van der Waals surface area contributed by atoms with Crippen LogP contribution in [-0.4, -0.2) is 50.5 Å². The van der Waals surface area contributed by atoms with Gasteiger partial charge in [-0.1, -0.05) is 78.1 Å².